The maximum atomic E-state index is 9.00. The summed E-state index contributed by atoms with van der Waals surface area (Å²) in [6.07, 6.45) is 1.89. The van der Waals surface area contributed by atoms with Crippen LogP contribution in [0.25, 0.3) is 0 Å². The number of hydrogen-bond acceptors (Lipinski definition) is 2. The average molecular weight is 206 g/mol. The van der Waals surface area contributed by atoms with E-state index >= 15 is 0 Å². The summed E-state index contributed by atoms with van der Waals surface area (Å²) >= 11 is 0. The van der Waals surface area contributed by atoms with Gasteiger partial charge in [0.15, 0.2) is 0 Å². The molecule has 0 bridgehead atoms. The molecule has 1 rings (SSSR count). The van der Waals surface area contributed by atoms with Gasteiger partial charge in [0, 0.05) is 25.3 Å². The Morgan fingerprint density at radius 3 is 2.80 bits per heavy atom. The molecule has 0 fully saturated rings. The van der Waals surface area contributed by atoms with Crippen LogP contribution in [0.1, 0.15) is 37.7 Å². The van der Waals surface area contributed by atoms with E-state index < -0.39 is 0 Å². The lowest BCUT2D eigenvalue weighted by molar-refractivity contribution is 0.200. The third-order valence-corrected chi connectivity index (χ3v) is 2.71. The molecule has 0 aliphatic carbocycles. The third kappa shape index (κ3) is 2.60. The van der Waals surface area contributed by atoms with Crippen molar-refractivity contribution in [2.75, 3.05) is 13.7 Å². The zero-order chi connectivity index (χ0) is 11.3. The molecular weight excluding hydrogens is 188 g/mol. The number of nitriles is 1. The van der Waals surface area contributed by atoms with Gasteiger partial charge in [-0.05, 0) is 25.5 Å². The van der Waals surface area contributed by atoms with Gasteiger partial charge >= 0.3 is 0 Å². The topological polar surface area (TPSA) is 38.0 Å². The number of nitrogens with zero attached hydrogens (tertiary/aromatic N) is 2. The van der Waals surface area contributed by atoms with Crippen molar-refractivity contribution in [2.45, 2.75) is 32.7 Å². The molecule has 0 saturated heterocycles. The second-order valence-electron chi connectivity index (χ2n) is 3.69. The normalized spacial score (nSPS) is 12.4. The molecule has 1 atom stereocenters. The Hall–Kier alpha value is -1.27. The Morgan fingerprint density at radius 2 is 2.27 bits per heavy atom. The number of ether oxygens (including phenoxy) is 1. The van der Waals surface area contributed by atoms with E-state index in [9.17, 15) is 0 Å². The lowest BCUT2D eigenvalue weighted by Crippen LogP contribution is -2.11. The van der Waals surface area contributed by atoms with Gasteiger partial charge < -0.3 is 9.30 Å². The van der Waals surface area contributed by atoms with Crippen LogP contribution in [0.15, 0.2) is 12.1 Å². The van der Waals surface area contributed by atoms with Crippen molar-refractivity contribution in [3.8, 4) is 6.07 Å². The van der Waals surface area contributed by atoms with Crippen molar-refractivity contribution in [2.24, 2.45) is 0 Å². The highest BCUT2D eigenvalue weighted by Gasteiger charge is 2.11. The van der Waals surface area contributed by atoms with E-state index in [1.54, 1.807) is 7.11 Å². The molecule has 0 amide bonds. The number of methoxy groups -OCH3 is 1. The highest BCUT2D eigenvalue weighted by atomic mass is 16.5. The minimum Gasteiger partial charge on any atom is -0.384 e. The molecule has 0 radical (unpaired) electrons. The molecule has 3 nitrogen and oxygen atoms in total. The van der Waals surface area contributed by atoms with Gasteiger partial charge in [0.25, 0.3) is 0 Å². The van der Waals surface area contributed by atoms with Gasteiger partial charge in [-0.25, -0.2) is 0 Å². The molecule has 1 heterocycles. The maximum absolute atomic E-state index is 9.00. The smallest absolute Gasteiger partial charge is 0.120 e. The molecule has 1 aromatic heterocycles. The van der Waals surface area contributed by atoms with E-state index in [-0.39, 0.29) is 0 Å². The predicted octanol–water partition coefficient (Wildman–Crippen LogP) is 2.52. The molecule has 0 saturated carbocycles. The van der Waals surface area contributed by atoms with E-state index in [1.165, 1.54) is 5.69 Å². The summed E-state index contributed by atoms with van der Waals surface area (Å²) in [6.45, 7) is 4.97. The van der Waals surface area contributed by atoms with Crippen molar-refractivity contribution >= 4 is 0 Å². The van der Waals surface area contributed by atoms with Crippen LogP contribution < -0.4 is 0 Å². The minimum atomic E-state index is 0.376. The van der Waals surface area contributed by atoms with E-state index in [0.29, 0.717) is 12.6 Å². The summed E-state index contributed by atoms with van der Waals surface area (Å²) in [5.74, 6) is 0. The zero-order valence-corrected chi connectivity index (χ0v) is 9.66. The van der Waals surface area contributed by atoms with Gasteiger partial charge in [0.05, 0.1) is 6.61 Å². The van der Waals surface area contributed by atoms with Crippen LogP contribution in [0.2, 0.25) is 0 Å². The van der Waals surface area contributed by atoms with Crippen molar-refractivity contribution in [3.05, 3.63) is 23.5 Å². The van der Waals surface area contributed by atoms with E-state index in [4.69, 9.17) is 10.00 Å². The zero-order valence-electron chi connectivity index (χ0n) is 9.66. The molecule has 0 aliphatic rings. The summed E-state index contributed by atoms with van der Waals surface area (Å²) in [7, 11) is 1.70. The van der Waals surface area contributed by atoms with E-state index in [2.05, 4.69) is 24.5 Å². The summed E-state index contributed by atoms with van der Waals surface area (Å²) in [5, 5.41) is 9.00. The molecule has 82 valence electrons. The van der Waals surface area contributed by atoms with Crippen molar-refractivity contribution in [3.63, 3.8) is 0 Å². The van der Waals surface area contributed by atoms with Gasteiger partial charge in [-0.3, -0.25) is 0 Å². The average Bonchev–Trinajstić information content (AvgIpc) is 2.68. The Kier molecular flexibility index (Phi) is 4.38. The fourth-order valence-corrected chi connectivity index (χ4v) is 1.70. The second-order valence-corrected chi connectivity index (χ2v) is 3.69. The Balaban J connectivity index is 2.96. The molecule has 0 spiro atoms. The van der Waals surface area contributed by atoms with Crippen LogP contribution in [0.5, 0.6) is 0 Å². The van der Waals surface area contributed by atoms with Crippen LogP contribution in [0.4, 0.5) is 0 Å². The first kappa shape index (κ1) is 11.8. The molecule has 0 N–H and O–H groups in total. The van der Waals surface area contributed by atoms with Crippen LogP contribution in [-0.4, -0.2) is 18.3 Å². The SMILES string of the molecule is CC[C@H](C)n1c(C#N)ccc1CCOC. The first-order valence-corrected chi connectivity index (χ1v) is 5.33. The quantitative estimate of drug-likeness (QED) is 0.742. The largest absolute Gasteiger partial charge is 0.384 e. The molecule has 3 heteroatoms. The van der Waals surface area contributed by atoms with E-state index in [0.717, 1.165) is 18.5 Å². The highest BCUT2D eigenvalue weighted by Crippen LogP contribution is 2.19. The molecule has 0 aromatic carbocycles. The summed E-state index contributed by atoms with van der Waals surface area (Å²) < 4.78 is 7.17. The number of hydrogen-bond donors (Lipinski definition) is 0. The van der Waals surface area contributed by atoms with E-state index in [1.807, 2.05) is 12.1 Å². The van der Waals surface area contributed by atoms with Gasteiger partial charge in [0.1, 0.15) is 11.8 Å². The first-order chi connectivity index (χ1) is 7.24. The minimum absolute atomic E-state index is 0.376. The van der Waals surface area contributed by atoms with Crippen LogP contribution >= 0.6 is 0 Å². The fraction of sp³-hybridized carbons (Fsp3) is 0.583. The summed E-state index contributed by atoms with van der Waals surface area (Å²) in [5.41, 5.74) is 1.93. The Labute approximate surface area is 91.3 Å². The van der Waals surface area contributed by atoms with Gasteiger partial charge in [-0.1, -0.05) is 6.92 Å². The Morgan fingerprint density at radius 1 is 1.53 bits per heavy atom. The van der Waals surface area contributed by atoms with Gasteiger partial charge in [-0.15, -0.1) is 0 Å². The fourth-order valence-electron chi connectivity index (χ4n) is 1.70. The standard InChI is InChI=1S/C12H18N2O/c1-4-10(2)14-11(7-8-15-3)5-6-12(14)9-13/h5-6,10H,4,7-8H2,1-3H3/t10-/m0/s1. The molecule has 0 unspecified atom stereocenters. The van der Waals surface area contributed by atoms with Crippen molar-refractivity contribution < 1.29 is 4.74 Å². The lowest BCUT2D eigenvalue weighted by atomic mass is 10.2. The van der Waals surface area contributed by atoms with Crippen LogP contribution in [0, 0.1) is 11.3 Å². The second kappa shape index (κ2) is 5.57. The molecule has 1 aromatic rings. The lowest BCUT2D eigenvalue weighted by Gasteiger charge is -2.16. The van der Waals surface area contributed by atoms with Crippen molar-refractivity contribution in [1.29, 1.82) is 5.26 Å². The molecular formula is C12H18N2O. The van der Waals surface area contributed by atoms with Crippen LogP contribution in [0.3, 0.4) is 0 Å². The Bertz CT molecular complexity index is 349. The molecule has 0 aliphatic heterocycles. The van der Waals surface area contributed by atoms with Gasteiger partial charge in [-0.2, -0.15) is 5.26 Å². The maximum Gasteiger partial charge on any atom is 0.120 e. The summed E-state index contributed by atoms with van der Waals surface area (Å²) in [4.78, 5) is 0. The van der Waals surface area contributed by atoms with Gasteiger partial charge in [0.2, 0.25) is 0 Å². The number of rotatable bonds is 5. The number of aromatic nitrogens is 1. The third-order valence-electron chi connectivity index (χ3n) is 2.71. The first-order valence-electron chi connectivity index (χ1n) is 5.33. The van der Waals surface area contributed by atoms with Crippen molar-refractivity contribution in [1.82, 2.24) is 4.57 Å². The van der Waals surface area contributed by atoms with Crippen LogP contribution in [-0.2, 0) is 11.2 Å². The summed E-state index contributed by atoms with van der Waals surface area (Å²) in [6, 6.07) is 6.51. The monoisotopic (exact) mass is 206 g/mol. The predicted molar refractivity (Wildman–Crippen MR) is 59.7 cm³/mol. The highest BCUT2D eigenvalue weighted by molar-refractivity contribution is 5.28. The molecule has 15 heavy (non-hydrogen) atoms.